The van der Waals surface area contributed by atoms with Crippen LogP contribution in [0.3, 0.4) is 0 Å². The number of nitrogens with one attached hydrogen (secondary N) is 1. The largest absolute Gasteiger partial charge is 0.468 e. The Morgan fingerprint density at radius 2 is 2.05 bits per heavy atom. The van der Waals surface area contributed by atoms with Crippen molar-refractivity contribution in [3.8, 4) is 0 Å². The van der Waals surface area contributed by atoms with Gasteiger partial charge in [0.2, 0.25) is 0 Å². The molecule has 0 saturated heterocycles. The maximum atomic E-state index is 11.8. The van der Waals surface area contributed by atoms with E-state index in [4.69, 9.17) is 8.83 Å². The topological polar surface area (TPSA) is 55.4 Å². The van der Waals surface area contributed by atoms with Crippen LogP contribution in [0, 0.1) is 13.8 Å². The van der Waals surface area contributed by atoms with Gasteiger partial charge in [0.25, 0.3) is 0 Å². The predicted octanol–water partition coefficient (Wildman–Crippen LogP) is 3.85. The van der Waals surface area contributed by atoms with Crippen molar-refractivity contribution in [2.75, 3.05) is 0 Å². The van der Waals surface area contributed by atoms with Gasteiger partial charge >= 0.3 is 5.63 Å². The van der Waals surface area contributed by atoms with Gasteiger partial charge in [0, 0.05) is 18.0 Å². The highest BCUT2D eigenvalue weighted by molar-refractivity contribution is 5.83. The first-order valence-corrected chi connectivity index (χ1v) is 7.36. The summed E-state index contributed by atoms with van der Waals surface area (Å²) in [6.45, 7) is 6.59. The number of fused-ring (bicyclic) bond motifs is 1. The summed E-state index contributed by atoms with van der Waals surface area (Å²) in [7, 11) is 0. The third kappa shape index (κ3) is 2.70. The number of hydrogen-bond acceptors (Lipinski definition) is 4. The SMILES string of the molecule is Cc1ccc2c(CN[C@H](C)c3ccco3)cc(=O)oc2c1C. The van der Waals surface area contributed by atoms with Crippen molar-refractivity contribution in [2.24, 2.45) is 0 Å². The Hall–Kier alpha value is -2.33. The summed E-state index contributed by atoms with van der Waals surface area (Å²) < 4.78 is 10.8. The number of hydrogen-bond donors (Lipinski definition) is 1. The fourth-order valence-electron chi connectivity index (χ4n) is 2.57. The van der Waals surface area contributed by atoms with E-state index in [2.05, 4.69) is 11.4 Å². The van der Waals surface area contributed by atoms with Crippen molar-refractivity contribution in [1.29, 1.82) is 0 Å². The first-order valence-electron chi connectivity index (χ1n) is 7.36. The highest BCUT2D eigenvalue weighted by Crippen LogP contribution is 2.23. The molecule has 1 aromatic carbocycles. The molecule has 0 fully saturated rings. The summed E-state index contributed by atoms with van der Waals surface area (Å²) in [5.41, 5.74) is 3.42. The molecule has 0 aliphatic rings. The molecule has 4 nitrogen and oxygen atoms in total. The Balaban J connectivity index is 1.94. The molecule has 0 aliphatic carbocycles. The number of furan rings is 1. The predicted molar refractivity (Wildman–Crippen MR) is 85.9 cm³/mol. The zero-order valence-corrected chi connectivity index (χ0v) is 13.0. The van der Waals surface area contributed by atoms with Gasteiger partial charge in [-0.25, -0.2) is 4.79 Å². The third-order valence-corrected chi connectivity index (χ3v) is 4.09. The number of aryl methyl sites for hydroxylation is 2. The lowest BCUT2D eigenvalue weighted by Crippen LogP contribution is -2.18. The van der Waals surface area contributed by atoms with Gasteiger partial charge in [-0.2, -0.15) is 0 Å². The zero-order valence-electron chi connectivity index (χ0n) is 13.0. The van der Waals surface area contributed by atoms with E-state index >= 15 is 0 Å². The van der Waals surface area contributed by atoms with Crippen LogP contribution in [-0.2, 0) is 6.54 Å². The third-order valence-electron chi connectivity index (χ3n) is 4.09. The minimum absolute atomic E-state index is 0.0730. The molecule has 22 heavy (non-hydrogen) atoms. The van der Waals surface area contributed by atoms with E-state index in [9.17, 15) is 4.79 Å². The van der Waals surface area contributed by atoms with Crippen LogP contribution in [-0.4, -0.2) is 0 Å². The molecule has 0 saturated carbocycles. The molecule has 0 spiro atoms. The van der Waals surface area contributed by atoms with Crippen molar-refractivity contribution < 1.29 is 8.83 Å². The van der Waals surface area contributed by atoms with Gasteiger partial charge in [-0.05, 0) is 49.6 Å². The van der Waals surface area contributed by atoms with E-state index in [1.807, 2.05) is 39.0 Å². The van der Waals surface area contributed by atoms with Gasteiger partial charge in [-0.3, -0.25) is 0 Å². The summed E-state index contributed by atoms with van der Waals surface area (Å²) >= 11 is 0. The lowest BCUT2D eigenvalue weighted by molar-refractivity contribution is 0.430. The minimum Gasteiger partial charge on any atom is -0.468 e. The molecule has 1 N–H and O–H groups in total. The van der Waals surface area contributed by atoms with Gasteiger partial charge < -0.3 is 14.2 Å². The van der Waals surface area contributed by atoms with Crippen LogP contribution in [0.2, 0.25) is 0 Å². The Morgan fingerprint density at radius 1 is 1.23 bits per heavy atom. The van der Waals surface area contributed by atoms with Gasteiger partial charge in [-0.15, -0.1) is 0 Å². The molecule has 3 aromatic rings. The second kappa shape index (κ2) is 5.81. The highest BCUT2D eigenvalue weighted by Gasteiger charge is 2.12. The van der Waals surface area contributed by atoms with E-state index in [-0.39, 0.29) is 11.7 Å². The standard InChI is InChI=1S/C18H19NO3/c1-11-6-7-15-14(9-17(20)22-18(15)12(11)2)10-19-13(3)16-5-4-8-21-16/h4-9,13,19H,10H2,1-3H3/t13-/m1/s1. The van der Waals surface area contributed by atoms with Crippen molar-refractivity contribution in [3.05, 3.63) is 69.5 Å². The van der Waals surface area contributed by atoms with Crippen LogP contribution in [0.1, 0.15) is 35.4 Å². The average molecular weight is 297 g/mol. The Bertz CT molecular complexity index is 847. The fraction of sp³-hybridized carbons (Fsp3) is 0.278. The number of rotatable bonds is 4. The molecular weight excluding hydrogens is 278 g/mol. The lowest BCUT2D eigenvalue weighted by atomic mass is 10.0. The van der Waals surface area contributed by atoms with Crippen LogP contribution in [0.15, 0.2) is 50.2 Å². The van der Waals surface area contributed by atoms with Gasteiger partial charge in [0.15, 0.2) is 0 Å². The Labute approximate surface area is 128 Å². The van der Waals surface area contributed by atoms with Crippen molar-refractivity contribution in [3.63, 3.8) is 0 Å². The van der Waals surface area contributed by atoms with Crippen LogP contribution < -0.4 is 10.9 Å². The Kier molecular flexibility index (Phi) is 3.86. The van der Waals surface area contributed by atoms with E-state index in [0.717, 1.165) is 27.8 Å². The van der Waals surface area contributed by atoms with Gasteiger partial charge in [-0.1, -0.05) is 12.1 Å². The summed E-state index contributed by atoms with van der Waals surface area (Å²) in [6.07, 6.45) is 1.66. The molecule has 4 heteroatoms. The highest BCUT2D eigenvalue weighted by atomic mass is 16.4. The summed E-state index contributed by atoms with van der Waals surface area (Å²) in [5, 5.41) is 4.35. The average Bonchev–Trinajstić information content (AvgIpc) is 3.03. The second-order valence-electron chi connectivity index (χ2n) is 5.59. The van der Waals surface area contributed by atoms with E-state index in [1.165, 1.54) is 0 Å². The fourth-order valence-corrected chi connectivity index (χ4v) is 2.57. The smallest absolute Gasteiger partial charge is 0.336 e. The molecule has 0 bridgehead atoms. The molecule has 2 heterocycles. The van der Waals surface area contributed by atoms with Crippen molar-refractivity contribution >= 4 is 11.0 Å². The summed E-state index contributed by atoms with van der Waals surface area (Å²) in [5.74, 6) is 0.874. The quantitative estimate of drug-likeness (QED) is 0.743. The van der Waals surface area contributed by atoms with Crippen LogP contribution >= 0.6 is 0 Å². The van der Waals surface area contributed by atoms with Gasteiger partial charge in [0.1, 0.15) is 11.3 Å². The van der Waals surface area contributed by atoms with E-state index in [1.54, 1.807) is 12.3 Å². The molecule has 0 radical (unpaired) electrons. The van der Waals surface area contributed by atoms with Crippen LogP contribution in [0.25, 0.3) is 11.0 Å². The minimum atomic E-state index is -0.316. The van der Waals surface area contributed by atoms with Crippen LogP contribution in [0.5, 0.6) is 0 Å². The maximum Gasteiger partial charge on any atom is 0.336 e. The first kappa shape index (κ1) is 14.6. The molecular formula is C18H19NO3. The molecule has 114 valence electrons. The molecule has 1 atom stereocenters. The molecule has 3 rings (SSSR count). The maximum absolute atomic E-state index is 11.8. The normalized spacial score (nSPS) is 12.7. The molecule has 0 unspecified atom stereocenters. The summed E-state index contributed by atoms with van der Waals surface area (Å²) in [6, 6.07) is 9.49. The molecule has 2 aromatic heterocycles. The molecule has 0 amide bonds. The number of benzene rings is 1. The monoisotopic (exact) mass is 297 g/mol. The first-order chi connectivity index (χ1) is 10.6. The lowest BCUT2D eigenvalue weighted by Gasteiger charge is -2.13. The van der Waals surface area contributed by atoms with Gasteiger partial charge in [0.05, 0.1) is 12.3 Å². The van der Waals surface area contributed by atoms with E-state index < -0.39 is 0 Å². The Morgan fingerprint density at radius 3 is 2.77 bits per heavy atom. The van der Waals surface area contributed by atoms with Crippen molar-refractivity contribution in [2.45, 2.75) is 33.4 Å². The summed E-state index contributed by atoms with van der Waals surface area (Å²) in [4.78, 5) is 11.8. The second-order valence-corrected chi connectivity index (χ2v) is 5.59. The molecule has 0 aliphatic heterocycles. The van der Waals surface area contributed by atoms with E-state index in [0.29, 0.717) is 12.1 Å². The zero-order chi connectivity index (χ0) is 15.7. The van der Waals surface area contributed by atoms with Crippen molar-refractivity contribution in [1.82, 2.24) is 5.32 Å². The van der Waals surface area contributed by atoms with Crippen LogP contribution in [0.4, 0.5) is 0 Å².